The van der Waals surface area contributed by atoms with E-state index in [-0.39, 0.29) is 11.7 Å². The van der Waals surface area contributed by atoms with E-state index in [2.05, 4.69) is 38.4 Å². The quantitative estimate of drug-likeness (QED) is 0.593. The average molecular weight is 394 g/mol. The number of hydrogen-bond acceptors (Lipinski definition) is 6. The molecule has 0 radical (unpaired) electrons. The molecule has 0 atom stereocenters. The van der Waals surface area contributed by atoms with Crippen molar-refractivity contribution in [3.63, 3.8) is 0 Å². The largest absolute Gasteiger partial charge is 0.372 e. The molecule has 2 aromatic rings. The van der Waals surface area contributed by atoms with E-state index in [9.17, 15) is 10.1 Å². The molecular formula is C21H23N5OS. The Morgan fingerprint density at radius 2 is 1.96 bits per heavy atom. The van der Waals surface area contributed by atoms with Crippen molar-refractivity contribution in [2.24, 2.45) is 0 Å². The number of benzene rings is 1. The van der Waals surface area contributed by atoms with Crippen molar-refractivity contribution in [1.29, 1.82) is 5.26 Å². The lowest BCUT2D eigenvalue weighted by molar-refractivity contribution is -0.113. The van der Waals surface area contributed by atoms with Gasteiger partial charge in [-0.25, -0.2) is 9.97 Å². The Labute approximate surface area is 169 Å². The van der Waals surface area contributed by atoms with Crippen LogP contribution in [0.25, 0.3) is 0 Å². The minimum Gasteiger partial charge on any atom is -0.372 e. The van der Waals surface area contributed by atoms with Crippen LogP contribution in [0.2, 0.25) is 0 Å². The van der Waals surface area contributed by atoms with Crippen LogP contribution < -0.4 is 10.2 Å². The van der Waals surface area contributed by atoms with Crippen LogP contribution in [-0.2, 0) is 4.79 Å². The SMILES string of the molecule is Cc1nc(C2CC2)nc(SCC(=O)Nc2ccc(N3CCCC3)cc2)c1C#N. The molecule has 0 spiro atoms. The zero-order valence-electron chi connectivity index (χ0n) is 15.9. The van der Waals surface area contributed by atoms with Crippen molar-refractivity contribution in [3.05, 3.63) is 41.3 Å². The first-order chi connectivity index (χ1) is 13.6. The fourth-order valence-corrected chi connectivity index (χ4v) is 4.22. The van der Waals surface area contributed by atoms with E-state index < -0.39 is 0 Å². The molecule has 2 heterocycles. The lowest BCUT2D eigenvalue weighted by Gasteiger charge is -2.17. The number of nitriles is 1. The standard InChI is InChI=1S/C21H23N5OS/c1-14-18(12-22)21(25-20(23-14)15-4-5-15)28-13-19(27)24-16-6-8-17(9-7-16)26-10-2-3-11-26/h6-9,15H,2-5,10-11,13H2,1H3,(H,24,27). The minimum absolute atomic E-state index is 0.105. The Morgan fingerprint density at radius 3 is 2.61 bits per heavy atom. The van der Waals surface area contributed by atoms with Crippen LogP contribution in [0.15, 0.2) is 29.3 Å². The zero-order valence-corrected chi connectivity index (χ0v) is 16.8. The van der Waals surface area contributed by atoms with E-state index in [1.807, 2.05) is 19.1 Å². The molecule has 1 aromatic carbocycles. The molecular weight excluding hydrogens is 370 g/mol. The first-order valence-electron chi connectivity index (χ1n) is 9.70. The second kappa shape index (κ2) is 8.19. The van der Waals surface area contributed by atoms with E-state index in [0.29, 0.717) is 22.2 Å². The first kappa shape index (κ1) is 18.8. The molecule has 144 valence electrons. The second-order valence-corrected chi connectivity index (χ2v) is 8.28. The van der Waals surface area contributed by atoms with Gasteiger partial charge in [-0.1, -0.05) is 11.8 Å². The molecule has 1 aromatic heterocycles. The number of thioether (sulfide) groups is 1. The van der Waals surface area contributed by atoms with Crippen LogP contribution in [0.5, 0.6) is 0 Å². The Morgan fingerprint density at radius 1 is 1.25 bits per heavy atom. The molecule has 1 aliphatic heterocycles. The Balaban J connectivity index is 1.37. The highest BCUT2D eigenvalue weighted by Gasteiger charge is 2.28. The third kappa shape index (κ3) is 4.28. The van der Waals surface area contributed by atoms with Crippen LogP contribution >= 0.6 is 11.8 Å². The maximum absolute atomic E-state index is 12.4. The van der Waals surface area contributed by atoms with Gasteiger partial charge in [-0.15, -0.1) is 0 Å². The van der Waals surface area contributed by atoms with E-state index in [1.165, 1.54) is 30.3 Å². The van der Waals surface area contributed by atoms with Gasteiger partial charge in [-0.2, -0.15) is 5.26 Å². The van der Waals surface area contributed by atoms with Crippen molar-refractivity contribution in [2.75, 3.05) is 29.1 Å². The summed E-state index contributed by atoms with van der Waals surface area (Å²) in [5, 5.41) is 12.9. The first-order valence-corrected chi connectivity index (χ1v) is 10.7. The second-order valence-electron chi connectivity index (χ2n) is 7.31. The third-order valence-electron chi connectivity index (χ3n) is 5.09. The molecule has 7 heteroatoms. The predicted molar refractivity (Wildman–Crippen MR) is 111 cm³/mol. The van der Waals surface area contributed by atoms with Crippen molar-refractivity contribution in [3.8, 4) is 6.07 Å². The summed E-state index contributed by atoms with van der Waals surface area (Å²) in [5.41, 5.74) is 3.15. The Bertz CT molecular complexity index is 912. The van der Waals surface area contributed by atoms with Gasteiger partial charge in [-0.3, -0.25) is 4.79 Å². The summed E-state index contributed by atoms with van der Waals surface area (Å²) in [6.07, 6.45) is 4.68. The number of amides is 1. The van der Waals surface area contributed by atoms with Crippen LogP contribution in [0.3, 0.4) is 0 Å². The number of nitrogens with one attached hydrogen (secondary N) is 1. The summed E-state index contributed by atoms with van der Waals surface area (Å²) in [5.74, 6) is 1.32. The van der Waals surface area contributed by atoms with E-state index in [1.54, 1.807) is 0 Å². The summed E-state index contributed by atoms with van der Waals surface area (Å²) in [4.78, 5) is 23.7. The number of aromatic nitrogens is 2. The number of nitrogens with zero attached hydrogens (tertiary/aromatic N) is 4. The van der Waals surface area contributed by atoms with E-state index in [4.69, 9.17) is 0 Å². The number of aryl methyl sites for hydroxylation is 1. The summed E-state index contributed by atoms with van der Waals surface area (Å²) in [6.45, 7) is 4.04. The van der Waals surface area contributed by atoms with Crippen molar-refractivity contribution >= 4 is 29.0 Å². The third-order valence-corrected chi connectivity index (χ3v) is 6.07. The molecule has 0 unspecified atom stereocenters. The molecule has 0 bridgehead atoms. The molecule has 1 amide bonds. The van der Waals surface area contributed by atoms with Gasteiger partial charge in [0.05, 0.1) is 11.4 Å². The molecule has 2 aliphatic rings. The smallest absolute Gasteiger partial charge is 0.234 e. The maximum atomic E-state index is 12.4. The van der Waals surface area contributed by atoms with Crippen molar-refractivity contribution in [2.45, 2.75) is 43.6 Å². The van der Waals surface area contributed by atoms with Crippen LogP contribution in [0, 0.1) is 18.3 Å². The summed E-state index contributed by atoms with van der Waals surface area (Å²) < 4.78 is 0. The summed E-state index contributed by atoms with van der Waals surface area (Å²) >= 11 is 1.30. The molecule has 1 saturated carbocycles. The van der Waals surface area contributed by atoms with Gasteiger partial charge < -0.3 is 10.2 Å². The number of rotatable bonds is 6. The van der Waals surface area contributed by atoms with Gasteiger partial charge in [-0.05, 0) is 56.9 Å². The van der Waals surface area contributed by atoms with Crippen LogP contribution in [-0.4, -0.2) is 34.7 Å². The lowest BCUT2D eigenvalue weighted by atomic mass is 10.2. The maximum Gasteiger partial charge on any atom is 0.234 e. The van der Waals surface area contributed by atoms with Gasteiger partial charge in [0.2, 0.25) is 5.91 Å². The molecule has 1 saturated heterocycles. The van der Waals surface area contributed by atoms with E-state index >= 15 is 0 Å². The lowest BCUT2D eigenvalue weighted by Crippen LogP contribution is -2.18. The predicted octanol–water partition coefficient (Wildman–Crippen LogP) is 3.87. The highest BCUT2D eigenvalue weighted by Crippen LogP contribution is 2.39. The highest BCUT2D eigenvalue weighted by atomic mass is 32.2. The van der Waals surface area contributed by atoms with Crippen molar-refractivity contribution < 1.29 is 4.79 Å². The van der Waals surface area contributed by atoms with Gasteiger partial charge >= 0.3 is 0 Å². The fraction of sp³-hybridized carbons (Fsp3) is 0.429. The van der Waals surface area contributed by atoms with Gasteiger partial charge in [0.15, 0.2) is 0 Å². The number of hydrogen-bond donors (Lipinski definition) is 1. The highest BCUT2D eigenvalue weighted by molar-refractivity contribution is 8.00. The number of anilines is 2. The summed E-state index contributed by atoms with van der Waals surface area (Å²) in [6, 6.07) is 10.2. The molecule has 28 heavy (non-hydrogen) atoms. The topological polar surface area (TPSA) is 81.9 Å². The van der Waals surface area contributed by atoms with Gasteiger partial charge in [0.1, 0.15) is 22.5 Å². The Hall–Kier alpha value is -2.59. The summed E-state index contributed by atoms with van der Waals surface area (Å²) in [7, 11) is 0. The molecule has 1 aliphatic carbocycles. The molecule has 6 nitrogen and oxygen atoms in total. The normalized spacial score (nSPS) is 16.1. The molecule has 4 rings (SSSR count). The molecule has 1 N–H and O–H groups in total. The van der Waals surface area contributed by atoms with Crippen LogP contribution in [0.1, 0.15) is 48.7 Å². The van der Waals surface area contributed by atoms with Gasteiger partial charge in [0.25, 0.3) is 0 Å². The fourth-order valence-electron chi connectivity index (χ4n) is 3.39. The Kier molecular flexibility index (Phi) is 5.49. The number of carbonyl (C=O) groups is 1. The number of carbonyl (C=O) groups excluding carboxylic acids is 1. The van der Waals surface area contributed by atoms with Gasteiger partial charge in [0, 0.05) is 30.4 Å². The van der Waals surface area contributed by atoms with Crippen molar-refractivity contribution in [1.82, 2.24) is 9.97 Å². The molecule has 2 fully saturated rings. The van der Waals surface area contributed by atoms with Crippen LogP contribution in [0.4, 0.5) is 11.4 Å². The average Bonchev–Trinajstić information content (AvgIpc) is 3.41. The van der Waals surface area contributed by atoms with E-state index in [0.717, 1.165) is 37.4 Å². The minimum atomic E-state index is -0.105. The zero-order chi connectivity index (χ0) is 19.5. The monoisotopic (exact) mass is 393 g/mol.